The normalized spacial score (nSPS) is 11.4. The first-order chi connectivity index (χ1) is 9.11. The van der Waals surface area contributed by atoms with Gasteiger partial charge in [-0.05, 0) is 30.3 Å². The molecule has 0 saturated carbocycles. The van der Waals surface area contributed by atoms with Crippen LogP contribution in [-0.4, -0.2) is 16.0 Å². The van der Waals surface area contributed by atoms with Gasteiger partial charge in [0.25, 0.3) is 0 Å². The van der Waals surface area contributed by atoms with E-state index in [0.29, 0.717) is 16.3 Å². The van der Waals surface area contributed by atoms with E-state index in [4.69, 9.17) is 38.9 Å². The second kappa shape index (κ2) is 5.77. The van der Waals surface area contributed by atoms with Crippen LogP contribution in [0, 0.1) is 0 Å². The predicted octanol–water partition coefficient (Wildman–Crippen LogP) is 3.28. The molecule has 0 aliphatic rings. The number of aromatic nitrogens is 1. The highest BCUT2D eigenvalue weighted by Crippen LogP contribution is 2.30. The first-order valence-electron chi connectivity index (χ1n) is 5.17. The maximum absolute atomic E-state index is 8.65. The summed E-state index contributed by atoms with van der Waals surface area (Å²) in [5.41, 5.74) is 5.83. The molecular weight excluding hydrogens is 289 g/mol. The molecule has 0 bridgehead atoms. The zero-order valence-electron chi connectivity index (χ0n) is 9.55. The molecule has 0 atom stereocenters. The van der Waals surface area contributed by atoms with Gasteiger partial charge in [0.1, 0.15) is 10.8 Å². The number of hydrogen-bond donors (Lipinski definition) is 2. The fourth-order valence-corrected chi connectivity index (χ4v) is 1.73. The number of benzene rings is 1. The first kappa shape index (κ1) is 13.5. The summed E-state index contributed by atoms with van der Waals surface area (Å²) >= 11 is 11.9. The van der Waals surface area contributed by atoms with Gasteiger partial charge in [-0.1, -0.05) is 28.4 Å². The largest absolute Gasteiger partial charge is 0.438 e. The van der Waals surface area contributed by atoms with Crippen molar-refractivity contribution in [3.05, 3.63) is 52.1 Å². The van der Waals surface area contributed by atoms with Crippen molar-refractivity contribution in [2.24, 2.45) is 10.9 Å². The Morgan fingerprint density at radius 1 is 1.21 bits per heavy atom. The van der Waals surface area contributed by atoms with Gasteiger partial charge in [0, 0.05) is 16.8 Å². The van der Waals surface area contributed by atoms with Crippen molar-refractivity contribution >= 4 is 29.0 Å². The number of ether oxygens (including phenoxy) is 1. The summed E-state index contributed by atoms with van der Waals surface area (Å²) < 4.78 is 5.51. The summed E-state index contributed by atoms with van der Waals surface area (Å²) in [7, 11) is 0. The molecule has 0 unspecified atom stereocenters. The Hall–Kier alpha value is -1.98. The van der Waals surface area contributed by atoms with Crippen molar-refractivity contribution in [2.75, 3.05) is 0 Å². The minimum Gasteiger partial charge on any atom is -0.438 e. The van der Waals surface area contributed by atoms with Gasteiger partial charge in [-0.15, -0.1) is 0 Å². The summed E-state index contributed by atoms with van der Waals surface area (Å²) in [6.45, 7) is 0. The first-order valence-corrected chi connectivity index (χ1v) is 5.93. The Labute approximate surface area is 119 Å². The summed E-state index contributed by atoms with van der Waals surface area (Å²) in [6, 6.07) is 8.23. The molecule has 7 heteroatoms. The van der Waals surface area contributed by atoms with E-state index in [-0.39, 0.29) is 16.7 Å². The second-order valence-electron chi connectivity index (χ2n) is 3.52. The van der Waals surface area contributed by atoms with Crippen LogP contribution in [0.25, 0.3) is 0 Å². The van der Waals surface area contributed by atoms with E-state index in [0.717, 1.165) is 0 Å². The van der Waals surface area contributed by atoms with Crippen molar-refractivity contribution < 1.29 is 9.94 Å². The van der Waals surface area contributed by atoms with Crippen LogP contribution in [0.5, 0.6) is 11.6 Å². The van der Waals surface area contributed by atoms with Crippen molar-refractivity contribution in [1.29, 1.82) is 0 Å². The molecule has 1 heterocycles. The SMILES string of the molecule is N/C(=N/O)c1ccnc(Oc2ccc(Cl)cc2)c1Cl. The van der Waals surface area contributed by atoms with E-state index in [2.05, 4.69) is 10.1 Å². The highest BCUT2D eigenvalue weighted by atomic mass is 35.5. The zero-order valence-corrected chi connectivity index (χ0v) is 11.1. The Kier molecular flexibility index (Phi) is 4.09. The molecule has 2 rings (SSSR count). The lowest BCUT2D eigenvalue weighted by Gasteiger charge is -2.09. The molecule has 1 aromatic heterocycles. The lowest BCUT2D eigenvalue weighted by molar-refractivity contribution is 0.318. The molecular formula is C12H9Cl2N3O2. The van der Waals surface area contributed by atoms with Gasteiger partial charge in [0.15, 0.2) is 5.84 Å². The fraction of sp³-hybridized carbons (Fsp3) is 0. The van der Waals surface area contributed by atoms with Crippen LogP contribution < -0.4 is 10.5 Å². The summed E-state index contributed by atoms with van der Waals surface area (Å²) in [4.78, 5) is 3.99. The third-order valence-corrected chi connectivity index (χ3v) is 2.89. The number of nitrogens with two attached hydrogens (primary N) is 1. The number of amidine groups is 1. The monoisotopic (exact) mass is 297 g/mol. The zero-order chi connectivity index (χ0) is 13.8. The topological polar surface area (TPSA) is 80.7 Å². The van der Waals surface area contributed by atoms with Crippen LogP contribution in [0.3, 0.4) is 0 Å². The van der Waals surface area contributed by atoms with Gasteiger partial charge in [0.05, 0.1) is 0 Å². The molecule has 0 saturated heterocycles. The summed E-state index contributed by atoms with van der Waals surface area (Å²) in [5, 5.41) is 12.3. The van der Waals surface area contributed by atoms with E-state index in [1.54, 1.807) is 24.3 Å². The molecule has 0 spiro atoms. The standard InChI is InChI=1S/C12H9Cl2N3O2/c13-7-1-3-8(4-2-7)19-12-10(14)9(5-6-16-12)11(15)17-18/h1-6,18H,(H2,15,17). The number of rotatable bonds is 3. The Balaban J connectivity index is 2.33. The van der Waals surface area contributed by atoms with Gasteiger partial charge in [0.2, 0.25) is 5.88 Å². The van der Waals surface area contributed by atoms with Crippen LogP contribution in [-0.2, 0) is 0 Å². The van der Waals surface area contributed by atoms with Gasteiger partial charge in [-0.3, -0.25) is 0 Å². The van der Waals surface area contributed by atoms with Crippen molar-refractivity contribution in [3.8, 4) is 11.6 Å². The van der Waals surface area contributed by atoms with E-state index in [1.165, 1.54) is 12.3 Å². The van der Waals surface area contributed by atoms with Gasteiger partial charge >= 0.3 is 0 Å². The van der Waals surface area contributed by atoms with Crippen LogP contribution >= 0.6 is 23.2 Å². The molecule has 0 aliphatic heterocycles. The maximum Gasteiger partial charge on any atom is 0.238 e. The van der Waals surface area contributed by atoms with Gasteiger partial charge < -0.3 is 15.7 Å². The molecule has 0 amide bonds. The Bertz CT molecular complexity index is 615. The Morgan fingerprint density at radius 2 is 1.89 bits per heavy atom. The van der Waals surface area contributed by atoms with Crippen LogP contribution in [0.15, 0.2) is 41.7 Å². The van der Waals surface area contributed by atoms with Crippen LogP contribution in [0.1, 0.15) is 5.56 Å². The highest BCUT2D eigenvalue weighted by molar-refractivity contribution is 6.35. The van der Waals surface area contributed by atoms with Crippen LogP contribution in [0.4, 0.5) is 0 Å². The number of oxime groups is 1. The number of hydrogen-bond acceptors (Lipinski definition) is 4. The van der Waals surface area contributed by atoms with Crippen molar-refractivity contribution in [3.63, 3.8) is 0 Å². The molecule has 0 fully saturated rings. The van der Waals surface area contributed by atoms with Crippen molar-refractivity contribution in [2.45, 2.75) is 0 Å². The molecule has 0 aliphatic carbocycles. The smallest absolute Gasteiger partial charge is 0.238 e. The molecule has 3 N–H and O–H groups in total. The number of nitrogens with zero attached hydrogens (tertiary/aromatic N) is 2. The van der Waals surface area contributed by atoms with E-state index >= 15 is 0 Å². The maximum atomic E-state index is 8.65. The van der Waals surface area contributed by atoms with E-state index in [9.17, 15) is 0 Å². The molecule has 2 aromatic rings. The number of halogens is 2. The third kappa shape index (κ3) is 3.07. The van der Waals surface area contributed by atoms with E-state index in [1.807, 2.05) is 0 Å². The molecule has 19 heavy (non-hydrogen) atoms. The van der Waals surface area contributed by atoms with E-state index < -0.39 is 0 Å². The molecule has 98 valence electrons. The summed E-state index contributed by atoms with van der Waals surface area (Å²) in [6.07, 6.45) is 1.45. The average molecular weight is 298 g/mol. The number of pyridine rings is 1. The minimum atomic E-state index is -0.117. The minimum absolute atomic E-state index is 0.117. The quantitative estimate of drug-likeness (QED) is 0.394. The lowest BCUT2D eigenvalue weighted by atomic mass is 10.2. The predicted molar refractivity (Wildman–Crippen MR) is 73.3 cm³/mol. The van der Waals surface area contributed by atoms with Crippen molar-refractivity contribution in [1.82, 2.24) is 4.98 Å². The summed E-state index contributed by atoms with van der Waals surface area (Å²) in [5.74, 6) is 0.567. The highest BCUT2D eigenvalue weighted by Gasteiger charge is 2.12. The lowest BCUT2D eigenvalue weighted by Crippen LogP contribution is -2.14. The van der Waals surface area contributed by atoms with Gasteiger partial charge in [-0.2, -0.15) is 0 Å². The second-order valence-corrected chi connectivity index (χ2v) is 4.33. The Morgan fingerprint density at radius 3 is 2.53 bits per heavy atom. The van der Waals surface area contributed by atoms with Crippen LogP contribution in [0.2, 0.25) is 10.0 Å². The molecule has 5 nitrogen and oxygen atoms in total. The van der Waals surface area contributed by atoms with Gasteiger partial charge in [-0.25, -0.2) is 4.98 Å². The average Bonchev–Trinajstić information content (AvgIpc) is 2.43. The third-order valence-electron chi connectivity index (χ3n) is 2.27. The molecule has 1 aromatic carbocycles. The fourth-order valence-electron chi connectivity index (χ4n) is 1.36. The molecule has 0 radical (unpaired) electrons.